The number of amides is 2. The molecule has 11 heteroatoms. The van der Waals surface area contributed by atoms with Crippen LogP contribution in [0, 0.1) is 11.6 Å². The number of hydrogen-bond donors (Lipinski definition) is 2. The maximum Gasteiger partial charge on any atom is 0.261 e. The maximum absolute atomic E-state index is 14.3. The third kappa shape index (κ3) is 4.51. The van der Waals surface area contributed by atoms with Crippen LogP contribution in [-0.4, -0.2) is 28.2 Å². The number of ether oxygens (including phenoxy) is 2. The molecule has 176 valence electrons. The van der Waals surface area contributed by atoms with E-state index in [0.717, 1.165) is 23.0 Å². The zero-order chi connectivity index (χ0) is 24.5. The maximum atomic E-state index is 14.3. The molecule has 0 aliphatic carbocycles. The number of hydrogen-bond acceptors (Lipinski definition) is 6. The lowest BCUT2D eigenvalue weighted by atomic mass is 10.2. The Morgan fingerprint density at radius 2 is 1.80 bits per heavy atom. The molecule has 0 atom stereocenters. The Kier molecular flexibility index (Phi) is 5.57. The van der Waals surface area contributed by atoms with Gasteiger partial charge in [0.25, 0.3) is 11.5 Å². The van der Waals surface area contributed by atoms with Crippen molar-refractivity contribution in [3.8, 4) is 11.5 Å². The second-order valence-electron chi connectivity index (χ2n) is 7.60. The van der Waals surface area contributed by atoms with Gasteiger partial charge < -0.3 is 20.1 Å². The number of fused-ring (bicyclic) bond motifs is 2. The monoisotopic (exact) mass is 478 g/mol. The molecular formula is C24H16F2N4O5. The van der Waals surface area contributed by atoms with Crippen molar-refractivity contribution in [2.45, 2.75) is 6.54 Å². The molecule has 0 spiro atoms. The smallest absolute Gasteiger partial charge is 0.261 e. The summed E-state index contributed by atoms with van der Waals surface area (Å²) in [5, 5.41) is 5.00. The van der Waals surface area contributed by atoms with Gasteiger partial charge in [0.1, 0.15) is 18.2 Å². The molecule has 1 aromatic heterocycles. The molecule has 2 N–H and O–H groups in total. The molecule has 3 aromatic carbocycles. The summed E-state index contributed by atoms with van der Waals surface area (Å²) in [7, 11) is 0. The summed E-state index contributed by atoms with van der Waals surface area (Å²) in [5.41, 5.74) is -0.0145. The fourth-order valence-corrected chi connectivity index (χ4v) is 3.53. The number of aromatic nitrogens is 2. The quantitative estimate of drug-likeness (QED) is 0.455. The van der Waals surface area contributed by atoms with Crippen molar-refractivity contribution in [3.63, 3.8) is 0 Å². The van der Waals surface area contributed by atoms with E-state index in [1.165, 1.54) is 30.3 Å². The van der Waals surface area contributed by atoms with Gasteiger partial charge in [-0.1, -0.05) is 0 Å². The van der Waals surface area contributed by atoms with E-state index < -0.39 is 35.6 Å². The molecule has 0 radical (unpaired) electrons. The third-order valence-corrected chi connectivity index (χ3v) is 5.23. The average molecular weight is 478 g/mol. The normalized spacial score (nSPS) is 11.9. The first-order valence-corrected chi connectivity index (χ1v) is 10.3. The van der Waals surface area contributed by atoms with E-state index >= 15 is 0 Å². The Bertz CT molecular complexity index is 1550. The van der Waals surface area contributed by atoms with Crippen LogP contribution in [0.4, 0.5) is 20.2 Å². The van der Waals surface area contributed by atoms with E-state index in [1.54, 1.807) is 12.1 Å². The van der Waals surface area contributed by atoms with Crippen molar-refractivity contribution >= 4 is 34.1 Å². The molecule has 0 saturated carbocycles. The van der Waals surface area contributed by atoms with Crippen LogP contribution in [0.1, 0.15) is 10.4 Å². The van der Waals surface area contributed by atoms with Gasteiger partial charge in [-0.05, 0) is 54.6 Å². The lowest BCUT2D eigenvalue weighted by molar-refractivity contribution is -0.116. The van der Waals surface area contributed by atoms with E-state index in [0.29, 0.717) is 17.1 Å². The van der Waals surface area contributed by atoms with Crippen molar-refractivity contribution < 1.29 is 27.8 Å². The molecule has 5 rings (SSSR count). The van der Waals surface area contributed by atoms with Crippen LogP contribution in [0.3, 0.4) is 0 Å². The largest absolute Gasteiger partial charge is 0.454 e. The predicted octanol–water partition coefficient (Wildman–Crippen LogP) is 3.29. The predicted molar refractivity (Wildman–Crippen MR) is 122 cm³/mol. The minimum Gasteiger partial charge on any atom is -0.454 e. The highest BCUT2D eigenvalue weighted by atomic mass is 19.1. The molecular weight excluding hydrogens is 462 g/mol. The van der Waals surface area contributed by atoms with Gasteiger partial charge >= 0.3 is 0 Å². The van der Waals surface area contributed by atoms with Gasteiger partial charge in [-0.2, -0.15) is 0 Å². The zero-order valence-electron chi connectivity index (χ0n) is 17.9. The molecule has 1 aliphatic heterocycles. The molecule has 0 fully saturated rings. The van der Waals surface area contributed by atoms with E-state index in [-0.39, 0.29) is 29.1 Å². The van der Waals surface area contributed by atoms with Crippen molar-refractivity contribution in [3.05, 3.63) is 88.5 Å². The van der Waals surface area contributed by atoms with E-state index in [4.69, 9.17) is 9.47 Å². The Balaban J connectivity index is 1.30. The molecule has 1 aliphatic rings. The van der Waals surface area contributed by atoms with Gasteiger partial charge in [-0.3, -0.25) is 19.0 Å². The Labute approximate surface area is 195 Å². The second kappa shape index (κ2) is 8.86. The first kappa shape index (κ1) is 22.0. The van der Waals surface area contributed by atoms with E-state index in [9.17, 15) is 23.2 Å². The number of carbonyl (C=O) groups is 2. The van der Waals surface area contributed by atoms with Gasteiger partial charge in [0.2, 0.25) is 12.7 Å². The van der Waals surface area contributed by atoms with Gasteiger partial charge in [0, 0.05) is 11.3 Å². The summed E-state index contributed by atoms with van der Waals surface area (Å²) in [6.45, 7) is -0.411. The van der Waals surface area contributed by atoms with Crippen molar-refractivity contribution in [2.75, 3.05) is 17.4 Å². The SMILES string of the molecule is O=C(Cn1cnc2ccc(F)cc2c1=O)Nc1cc(NC(=O)c2ccc3c(c2)OCO3)ccc1F. The number of nitrogens with zero attached hydrogens (tertiary/aromatic N) is 2. The molecule has 9 nitrogen and oxygen atoms in total. The standard InChI is InChI=1S/C24H16F2N4O5/c25-14-2-5-18-16(8-14)24(33)30(11-27-18)10-22(31)29-19-9-15(3-4-17(19)26)28-23(32)13-1-6-20-21(7-13)35-12-34-20/h1-9,11H,10,12H2,(H,28,32)(H,29,31). The van der Waals surface area contributed by atoms with E-state index in [1.807, 2.05) is 0 Å². The first-order valence-electron chi connectivity index (χ1n) is 10.3. The molecule has 2 amide bonds. The highest BCUT2D eigenvalue weighted by Gasteiger charge is 2.17. The highest BCUT2D eigenvalue weighted by Crippen LogP contribution is 2.32. The molecule has 2 heterocycles. The molecule has 0 unspecified atom stereocenters. The number of rotatable bonds is 5. The van der Waals surface area contributed by atoms with Crippen LogP contribution in [-0.2, 0) is 11.3 Å². The summed E-state index contributed by atoms with van der Waals surface area (Å²) in [6.07, 6.45) is 1.15. The Hall–Kier alpha value is -4.80. The lowest BCUT2D eigenvalue weighted by Gasteiger charge is -2.11. The summed E-state index contributed by atoms with van der Waals surface area (Å²) in [5.74, 6) is -1.59. The third-order valence-electron chi connectivity index (χ3n) is 5.23. The number of halogens is 2. The Morgan fingerprint density at radius 1 is 0.971 bits per heavy atom. The molecule has 35 heavy (non-hydrogen) atoms. The van der Waals surface area contributed by atoms with Gasteiger partial charge in [-0.25, -0.2) is 13.8 Å². The van der Waals surface area contributed by atoms with Gasteiger partial charge in [0.05, 0.1) is 22.9 Å². The number of nitrogens with one attached hydrogen (secondary N) is 2. The van der Waals surface area contributed by atoms with Crippen LogP contribution < -0.4 is 25.7 Å². The number of carbonyl (C=O) groups excluding carboxylic acids is 2. The summed E-state index contributed by atoms with van der Waals surface area (Å²) >= 11 is 0. The van der Waals surface area contributed by atoms with Gasteiger partial charge in [-0.15, -0.1) is 0 Å². The molecule has 4 aromatic rings. The van der Waals surface area contributed by atoms with Crippen LogP contribution in [0.25, 0.3) is 10.9 Å². The van der Waals surface area contributed by atoms with Gasteiger partial charge in [0.15, 0.2) is 11.5 Å². The first-order chi connectivity index (χ1) is 16.9. The summed E-state index contributed by atoms with van der Waals surface area (Å²) < 4.78 is 39.3. The fraction of sp³-hybridized carbons (Fsp3) is 0.0833. The molecule has 0 saturated heterocycles. The highest BCUT2D eigenvalue weighted by molar-refractivity contribution is 6.05. The minimum atomic E-state index is -0.745. The van der Waals surface area contributed by atoms with Crippen molar-refractivity contribution in [1.82, 2.24) is 9.55 Å². The van der Waals surface area contributed by atoms with Crippen LogP contribution in [0.2, 0.25) is 0 Å². The summed E-state index contributed by atoms with van der Waals surface area (Å²) in [6, 6.07) is 11.9. The number of benzene rings is 3. The topological polar surface area (TPSA) is 112 Å². The fourth-order valence-electron chi connectivity index (χ4n) is 3.53. The lowest BCUT2D eigenvalue weighted by Crippen LogP contribution is -2.28. The number of anilines is 2. The zero-order valence-corrected chi connectivity index (χ0v) is 17.9. The van der Waals surface area contributed by atoms with Crippen LogP contribution in [0.5, 0.6) is 11.5 Å². The van der Waals surface area contributed by atoms with Crippen molar-refractivity contribution in [1.29, 1.82) is 0 Å². The van der Waals surface area contributed by atoms with Crippen LogP contribution >= 0.6 is 0 Å². The van der Waals surface area contributed by atoms with Crippen LogP contribution in [0.15, 0.2) is 65.7 Å². The Morgan fingerprint density at radius 3 is 2.66 bits per heavy atom. The summed E-state index contributed by atoms with van der Waals surface area (Å²) in [4.78, 5) is 41.7. The van der Waals surface area contributed by atoms with Crippen molar-refractivity contribution in [2.24, 2.45) is 0 Å². The minimum absolute atomic E-state index is 0.0136. The second-order valence-corrected chi connectivity index (χ2v) is 7.60. The van der Waals surface area contributed by atoms with E-state index in [2.05, 4.69) is 15.6 Å². The molecule has 0 bridgehead atoms. The average Bonchev–Trinajstić information content (AvgIpc) is 3.31.